The molecule has 0 radical (unpaired) electrons. The molecule has 1 saturated heterocycles. The van der Waals surface area contributed by atoms with Crippen LogP contribution in [0.5, 0.6) is 0 Å². The summed E-state index contributed by atoms with van der Waals surface area (Å²) in [5.41, 5.74) is 2.28. The molecule has 2 amide bonds. The van der Waals surface area contributed by atoms with Crippen molar-refractivity contribution < 1.29 is 14.0 Å². The molecule has 4 rings (SSSR count). The number of carbonyl (C=O) groups excluding carboxylic acids is 2. The highest BCUT2D eigenvalue weighted by Gasteiger charge is 2.34. The predicted octanol–water partition coefficient (Wildman–Crippen LogP) is 2.56. The van der Waals surface area contributed by atoms with Crippen LogP contribution in [0.1, 0.15) is 35.4 Å². The van der Waals surface area contributed by atoms with Gasteiger partial charge in [-0.25, -0.2) is 0 Å². The molecule has 6 nitrogen and oxygen atoms in total. The van der Waals surface area contributed by atoms with E-state index in [4.69, 9.17) is 4.42 Å². The number of amides is 2. The van der Waals surface area contributed by atoms with Gasteiger partial charge in [0, 0.05) is 25.1 Å². The first kappa shape index (κ1) is 15.7. The van der Waals surface area contributed by atoms with Crippen molar-refractivity contribution in [3.63, 3.8) is 0 Å². The van der Waals surface area contributed by atoms with Crippen molar-refractivity contribution in [3.05, 3.63) is 47.9 Å². The Kier molecular flexibility index (Phi) is 4.17. The quantitative estimate of drug-likeness (QED) is 0.898. The van der Waals surface area contributed by atoms with E-state index < -0.39 is 0 Å². The summed E-state index contributed by atoms with van der Waals surface area (Å²) in [7, 11) is 0. The molecule has 0 saturated carbocycles. The first-order chi connectivity index (χ1) is 12.2. The summed E-state index contributed by atoms with van der Waals surface area (Å²) in [6.07, 6.45) is 5.34. The summed E-state index contributed by atoms with van der Waals surface area (Å²) < 4.78 is 5.25. The van der Waals surface area contributed by atoms with Crippen LogP contribution >= 0.6 is 0 Å². The molecule has 2 aromatic rings. The van der Waals surface area contributed by atoms with Crippen LogP contribution in [0.25, 0.3) is 0 Å². The first-order valence-electron chi connectivity index (χ1n) is 8.74. The average molecular weight is 339 g/mol. The van der Waals surface area contributed by atoms with Crippen LogP contribution in [-0.4, -0.2) is 30.9 Å². The molecular formula is C19H21N3O3. The Hall–Kier alpha value is -2.76. The first-order valence-corrected chi connectivity index (χ1v) is 8.74. The average Bonchev–Trinajstić information content (AvgIpc) is 3.15. The van der Waals surface area contributed by atoms with Crippen molar-refractivity contribution in [2.75, 3.05) is 23.3 Å². The number of piperidine rings is 1. The van der Waals surface area contributed by atoms with Gasteiger partial charge in [0.1, 0.15) is 11.8 Å². The Bertz CT molecular complexity index is 785. The molecule has 2 aliphatic heterocycles. The molecule has 130 valence electrons. The zero-order valence-corrected chi connectivity index (χ0v) is 14.0. The largest absolute Gasteiger partial charge is 0.469 e. The highest BCUT2D eigenvalue weighted by Crippen LogP contribution is 2.36. The molecule has 2 N–H and O–H groups in total. The Morgan fingerprint density at radius 2 is 2.24 bits per heavy atom. The van der Waals surface area contributed by atoms with Crippen LogP contribution < -0.4 is 15.5 Å². The van der Waals surface area contributed by atoms with Crippen LogP contribution in [0.4, 0.5) is 11.4 Å². The van der Waals surface area contributed by atoms with E-state index >= 15 is 0 Å². The van der Waals surface area contributed by atoms with E-state index in [1.165, 1.54) is 0 Å². The van der Waals surface area contributed by atoms with E-state index in [-0.39, 0.29) is 17.9 Å². The Labute approximate surface area is 146 Å². The van der Waals surface area contributed by atoms with Gasteiger partial charge >= 0.3 is 0 Å². The Morgan fingerprint density at radius 3 is 3.08 bits per heavy atom. The van der Waals surface area contributed by atoms with E-state index in [1.807, 2.05) is 24.3 Å². The molecule has 3 heterocycles. The predicted molar refractivity (Wildman–Crippen MR) is 94.8 cm³/mol. The molecule has 1 unspecified atom stereocenters. The number of anilines is 2. The topological polar surface area (TPSA) is 74.6 Å². The standard InChI is InChI=1S/C19H21N3O3/c23-18(20-9-8-14-4-3-11-25-14)13-6-7-16-15(12-13)21-19(24)17-5-1-2-10-22(16)17/h3-4,6-7,11-12,17H,1-2,5,8-10H2,(H,20,23)(H,21,24). The summed E-state index contributed by atoms with van der Waals surface area (Å²) in [5.74, 6) is 0.723. The Balaban J connectivity index is 1.46. The lowest BCUT2D eigenvalue weighted by Gasteiger charge is -2.41. The fraction of sp³-hybridized carbons (Fsp3) is 0.368. The van der Waals surface area contributed by atoms with Crippen LogP contribution in [0, 0.1) is 0 Å². The number of carbonyl (C=O) groups is 2. The van der Waals surface area contributed by atoms with Crippen LogP contribution in [-0.2, 0) is 11.2 Å². The monoisotopic (exact) mass is 339 g/mol. The van der Waals surface area contributed by atoms with E-state index in [0.717, 1.165) is 42.9 Å². The lowest BCUT2D eigenvalue weighted by atomic mass is 9.97. The highest BCUT2D eigenvalue weighted by molar-refractivity contribution is 6.05. The molecule has 1 aromatic heterocycles. The molecule has 0 spiro atoms. The number of rotatable bonds is 4. The molecule has 2 aliphatic rings. The number of hydrogen-bond acceptors (Lipinski definition) is 4. The summed E-state index contributed by atoms with van der Waals surface area (Å²) in [6.45, 7) is 1.39. The van der Waals surface area contributed by atoms with Crippen LogP contribution in [0.2, 0.25) is 0 Å². The third kappa shape index (κ3) is 3.12. The summed E-state index contributed by atoms with van der Waals surface area (Å²) >= 11 is 0. The third-order valence-electron chi connectivity index (χ3n) is 4.87. The van der Waals surface area contributed by atoms with Crippen molar-refractivity contribution >= 4 is 23.2 Å². The second kappa shape index (κ2) is 6.63. The van der Waals surface area contributed by atoms with Crippen LogP contribution in [0.3, 0.4) is 0 Å². The number of nitrogens with zero attached hydrogens (tertiary/aromatic N) is 1. The number of hydrogen-bond donors (Lipinski definition) is 2. The van der Waals surface area contributed by atoms with Gasteiger partial charge in [-0.1, -0.05) is 0 Å². The lowest BCUT2D eigenvalue weighted by molar-refractivity contribution is -0.118. The van der Waals surface area contributed by atoms with Gasteiger partial charge in [-0.2, -0.15) is 0 Å². The molecule has 6 heteroatoms. The third-order valence-corrected chi connectivity index (χ3v) is 4.87. The van der Waals surface area contributed by atoms with Crippen molar-refractivity contribution in [1.29, 1.82) is 0 Å². The van der Waals surface area contributed by atoms with Gasteiger partial charge in [-0.05, 0) is 49.6 Å². The maximum Gasteiger partial charge on any atom is 0.251 e. The van der Waals surface area contributed by atoms with Gasteiger partial charge in [0.2, 0.25) is 5.91 Å². The summed E-state index contributed by atoms with van der Waals surface area (Å²) in [5, 5.41) is 5.84. The number of nitrogens with one attached hydrogen (secondary N) is 2. The zero-order chi connectivity index (χ0) is 17.2. The van der Waals surface area contributed by atoms with E-state index in [9.17, 15) is 9.59 Å². The maximum absolute atomic E-state index is 12.4. The zero-order valence-electron chi connectivity index (χ0n) is 14.0. The SMILES string of the molecule is O=C(NCCc1ccco1)c1ccc2c(c1)NC(=O)C1CCCCN21. The number of furan rings is 1. The number of fused-ring (bicyclic) bond motifs is 3. The van der Waals surface area contributed by atoms with Crippen molar-refractivity contribution in [2.24, 2.45) is 0 Å². The smallest absolute Gasteiger partial charge is 0.251 e. The summed E-state index contributed by atoms with van der Waals surface area (Å²) in [4.78, 5) is 26.8. The minimum atomic E-state index is -0.149. The van der Waals surface area contributed by atoms with Gasteiger partial charge in [-0.15, -0.1) is 0 Å². The Morgan fingerprint density at radius 1 is 1.32 bits per heavy atom. The molecule has 0 aliphatic carbocycles. The molecule has 0 bridgehead atoms. The highest BCUT2D eigenvalue weighted by atomic mass is 16.3. The van der Waals surface area contributed by atoms with Crippen molar-refractivity contribution in [1.82, 2.24) is 5.32 Å². The molecular weight excluding hydrogens is 318 g/mol. The van der Waals surface area contributed by atoms with Gasteiger partial charge in [0.25, 0.3) is 5.91 Å². The second-order valence-electron chi connectivity index (χ2n) is 6.51. The molecule has 1 atom stereocenters. The van der Waals surface area contributed by atoms with Crippen molar-refractivity contribution in [3.8, 4) is 0 Å². The van der Waals surface area contributed by atoms with Gasteiger partial charge < -0.3 is 20.0 Å². The van der Waals surface area contributed by atoms with Gasteiger partial charge in [-0.3, -0.25) is 9.59 Å². The second-order valence-corrected chi connectivity index (χ2v) is 6.51. The minimum Gasteiger partial charge on any atom is -0.469 e. The molecule has 1 aromatic carbocycles. The van der Waals surface area contributed by atoms with E-state index in [0.29, 0.717) is 18.5 Å². The fourth-order valence-corrected chi connectivity index (χ4v) is 3.59. The van der Waals surface area contributed by atoms with E-state index in [1.54, 1.807) is 12.3 Å². The molecule has 25 heavy (non-hydrogen) atoms. The normalized spacial score (nSPS) is 19.0. The van der Waals surface area contributed by atoms with E-state index in [2.05, 4.69) is 15.5 Å². The number of benzene rings is 1. The van der Waals surface area contributed by atoms with Crippen molar-refractivity contribution in [2.45, 2.75) is 31.7 Å². The van der Waals surface area contributed by atoms with Gasteiger partial charge in [0.15, 0.2) is 0 Å². The van der Waals surface area contributed by atoms with Crippen LogP contribution in [0.15, 0.2) is 41.0 Å². The lowest BCUT2D eigenvalue weighted by Crippen LogP contribution is -2.50. The molecule has 1 fully saturated rings. The maximum atomic E-state index is 12.4. The minimum absolute atomic E-state index is 0.0302. The summed E-state index contributed by atoms with van der Waals surface area (Å²) in [6, 6.07) is 9.17. The van der Waals surface area contributed by atoms with Gasteiger partial charge in [0.05, 0.1) is 17.6 Å². The fourth-order valence-electron chi connectivity index (χ4n) is 3.59.